The third kappa shape index (κ3) is 5.33. The molecule has 112 valence electrons. The summed E-state index contributed by atoms with van der Waals surface area (Å²) in [4.78, 5) is 11.2. The Kier molecular flexibility index (Phi) is 5.75. The Balaban J connectivity index is 2.40. The summed E-state index contributed by atoms with van der Waals surface area (Å²) in [5.74, 6) is -1.19. The van der Waals surface area contributed by atoms with E-state index in [1.165, 1.54) is 6.07 Å². The summed E-state index contributed by atoms with van der Waals surface area (Å²) in [6.07, 6.45) is -7.43. The maximum atomic E-state index is 12.8. The Labute approximate surface area is 119 Å². The van der Waals surface area contributed by atoms with Crippen LogP contribution >= 0.6 is 15.9 Å². The number of carbonyl (C=O) groups is 1. The molecule has 9 heteroatoms. The summed E-state index contributed by atoms with van der Waals surface area (Å²) in [5.41, 5.74) is 0. The molecular weight excluding hydrogens is 350 g/mol. The van der Waals surface area contributed by atoms with Gasteiger partial charge in [0.15, 0.2) is 12.7 Å². The van der Waals surface area contributed by atoms with Crippen molar-refractivity contribution >= 4 is 21.8 Å². The molecule has 20 heavy (non-hydrogen) atoms. The van der Waals surface area contributed by atoms with Gasteiger partial charge in [-0.1, -0.05) is 0 Å². The molecule has 1 aromatic rings. The maximum Gasteiger partial charge on any atom is 0.416 e. The van der Waals surface area contributed by atoms with Gasteiger partial charge in [0, 0.05) is 0 Å². The van der Waals surface area contributed by atoms with E-state index < -0.39 is 37.2 Å². The summed E-state index contributed by atoms with van der Waals surface area (Å²) >= 11 is 3.00. The van der Waals surface area contributed by atoms with Crippen molar-refractivity contribution in [1.82, 2.24) is 5.32 Å². The predicted octanol–water partition coefficient (Wildman–Crippen LogP) is 2.01. The second-order valence-electron chi connectivity index (χ2n) is 3.72. The third-order valence-electron chi connectivity index (χ3n) is 2.12. The molecule has 0 radical (unpaired) electrons. The van der Waals surface area contributed by atoms with Gasteiger partial charge in [0.2, 0.25) is 0 Å². The SMILES string of the molecule is O=C(COc1ccc(F)cc1Br)NCC(O)C(F)(F)F. The fourth-order valence-corrected chi connectivity index (χ4v) is 1.58. The third-order valence-corrected chi connectivity index (χ3v) is 2.74. The highest BCUT2D eigenvalue weighted by Crippen LogP contribution is 2.25. The average Bonchev–Trinajstić information content (AvgIpc) is 2.33. The quantitative estimate of drug-likeness (QED) is 0.790. The summed E-state index contributed by atoms with van der Waals surface area (Å²) in [7, 11) is 0. The molecule has 1 atom stereocenters. The van der Waals surface area contributed by atoms with E-state index >= 15 is 0 Å². The monoisotopic (exact) mass is 359 g/mol. The van der Waals surface area contributed by atoms with Crippen molar-refractivity contribution in [2.75, 3.05) is 13.2 Å². The standard InChI is InChI=1S/C11H10BrF4NO3/c12-7-3-6(13)1-2-8(7)20-5-10(19)17-4-9(18)11(14,15)16/h1-3,9,18H,4-5H2,(H,17,19). The molecule has 2 N–H and O–H groups in total. The Morgan fingerprint density at radius 3 is 2.65 bits per heavy atom. The van der Waals surface area contributed by atoms with E-state index in [9.17, 15) is 22.4 Å². The molecule has 1 aromatic carbocycles. The first-order valence-electron chi connectivity index (χ1n) is 5.29. The number of nitrogens with one attached hydrogen (secondary N) is 1. The van der Waals surface area contributed by atoms with Crippen LogP contribution in [0, 0.1) is 5.82 Å². The lowest BCUT2D eigenvalue weighted by Crippen LogP contribution is -2.42. The number of carbonyl (C=O) groups excluding carboxylic acids is 1. The van der Waals surface area contributed by atoms with Crippen molar-refractivity contribution in [3.63, 3.8) is 0 Å². The minimum atomic E-state index is -4.80. The van der Waals surface area contributed by atoms with Gasteiger partial charge in [0.05, 0.1) is 11.0 Å². The number of amides is 1. The van der Waals surface area contributed by atoms with E-state index in [1.807, 2.05) is 5.32 Å². The molecule has 1 amide bonds. The fraction of sp³-hybridized carbons (Fsp3) is 0.364. The molecule has 0 aliphatic heterocycles. The first kappa shape index (κ1) is 16.7. The number of ether oxygens (including phenoxy) is 1. The molecule has 0 spiro atoms. The summed E-state index contributed by atoms with van der Waals surface area (Å²) in [6.45, 7) is -1.52. The molecule has 0 aromatic heterocycles. The Hall–Kier alpha value is -1.35. The average molecular weight is 360 g/mol. The first-order chi connectivity index (χ1) is 9.20. The van der Waals surface area contributed by atoms with E-state index in [4.69, 9.17) is 9.84 Å². The van der Waals surface area contributed by atoms with E-state index in [-0.39, 0.29) is 10.2 Å². The number of halogens is 5. The van der Waals surface area contributed by atoms with Crippen molar-refractivity contribution in [2.24, 2.45) is 0 Å². The van der Waals surface area contributed by atoms with Gasteiger partial charge in [-0.2, -0.15) is 13.2 Å². The second kappa shape index (κ2) is 6.89. The largest absolute Gasteiger partial charge is 0.483 e. The van der Waals surface area contributed by atoms with Crippen LogP contribution in [0.1, 0.15) is 0 Å². The molecule has 0 saturated heterocycles. The van der Waals surface area contributed by atoms with Crippen LogP contribution in [0.5, 0.6) is 5.75 Å². The fourth-order valence-electron chi connectivity index (χ4n) is 1.11. The Morgan fingerprint density at radius 1 is 1.45 bits per heavy atom. The minimum Gasteiger partial charge on any atom is -0.483 e. The van der Waals surface area contributed by atoms with E-state index in [0.717, 1.165) is 12.1 Å². The van der Waals surface area contributed by atoms with Crippen LogP contribution in [0.2, 0.25) is 0 Å². The Morgan fingerprint density at radius 2 is 2.10 bits per heavy atom. The minimum absolute atomic E-state index is 0.165. The van der Waals surface area contributed by atoms with Gasteiger partial charge in [-0.15, -0.1) is 0 Å². The number of alkyl halides is 3. The molecule has 4 nitrogen and oxygen atoms in total. The van der Waals surface area contributed by atoms with Gasteiger partial charge in [-0.25, -0.2) is 4.39 Å². The number of aliphatic hydroxyl groups is 1. The number of hydrogen-bond donors (Lipinski definition) is 2. The highest BCUT2D eigenvalue weighted by Gasteiger charge is 2.38. The second-order valence-corrected chi connectivity index (χ2v) is 4.58. The van der Waals surface area contributed by atoms with Crippen LogP contribution in [-0.2, 0) is 4.79 Å². The first-order valence-corrected chi connectivity index (χ1v) is 6.09. The van der Waals surface area contributed by atoms with E-state index in [2.05, 4.69) is 15.9 Å². The molecular formula is C11H10BrF4NO3. The van der Waals surface area contributed by atoms with Crippen LogP contribution in [0.3, 0.4) is 0 Å². The highest BCUT2D eigenvalue weighted by molar-refractivity contribution is 9.10. The molecule has 0 aliphatic rings. The van der Waals surface area contributed by atoms with Crippen molar-refractivity contribution < 1.29 is 32.2 Å². The van der Waals surface area contributed by atoms with Gasteiger partial charge in [-0.05, 0) is 34.1 Å². The summed E-state index contributed by atoms with van der Waals surface area (Å²) < 4.78 is 53.9. The van der Waals surface area contributed by atoms with Crippen LogP contribution < -0.4 is 10.1 Å². The van der Waals surface area contributed by atoms with Crippen molar-refractivity contribution in [2.45, 2.75) is 12.3 Å². The zero-order valence-corrected chi connectivity index (χ0v) is 11.5. The topological polar surface area (TPSA) is 58.6 Å². The highest BCUT2D eigenvalue weighted by atomic mass is 79.9. The van der Waals surface area contributed by atoms with Gasteiger partial charge in [0.25, 0.3) is 5.91 Å². The normalized spacial score (nSPS) is 12.9. The lowest BCUT2D eigenvalue weighted by Gasteiger charge is -2.15. The lowest BCUT2D eigenvalue weighted by atomic mass is 10.3. The molecule has 1 unspecified atom stereocenters. The van der Waals surface area contributed by atoms with Gasteiger partial charge >= 0.3 is 6.18 Å². The van der Waals surface area contributed by atoms with Gasteiger partial charge < -0.3 is 15.2 Å². The van der Waals surface area contributed by atoms with Gasteiger partial charge in [0.1, 0.15) is 11.6 Å². The zero-order valence-electron chi connectivity index (χ0n) is 9.88. The predicted molar refractivity (Wildman–Crippen MR) is 64.7 cm³/mol. The number of rotatable bonds is 5. The van der Waals surface area contributed by atoms with E-state index in [0.29, 0.717) is 0 Å². The van der Waals surface area contributed by atoms with Crippen LogP contribution in [-0.4, -0.2) is 36.4 Å². The Bertz CT molecular complexity index is 481. The van der Waals surface area contributed by atoms with Crippen molar-refractivity contribution in [3.8, 4) is 5.75 Å². The molecule has 0 saturated carbocycles. The van der Waals surface area contributed by atoms with Crippen molar-refractivity contribution in [1.29, 1.82) is 0 Å². The lowest BCUT2D eigenvalue weighted by molar-refractivity contribution is -0.201. The number of hydrogen-bond acceptors (Lipinski definition) is 3. The van der Waals surface area contributed by atoms with Crippen LogP contribution in [0.15, 0.2) is 22.7 Å². The molecule has 0 bridgehead atoms. The number of aliphatic hydroxyl groups excluding tert-OH is 1. The van der Waals surface area contributed by atoms with E-state index in [1.54, 1.807) is 0 Å². The maximum absolute atomic E-state index is 12.8. The molecule has 0 fully saturated rings. The summed E-state index contributed by atoms with van der Waals surface area (Å²) in [6, 6.07) is 3.48. The smallest absolute Gasteiger partial charge is 0.416 e. The molecule has 1 rings (SSSR count). The van der Waals surface area contributed by atoms with Crippen molar-refractivity contribution in [3.05, 3.63) is 28.5 Å². The molecule has 0 aliphatic carbocycles. The summed E-state index contributed by atoms with van der Waals surface area (Å²) in [5, 5.41) is 10.5. The van der Waals surface area contributed by atoms with Crippen LogP contribution in [0.4, 0.5) is 17.6 Å². The molecule has 0 heterocycles. The number of benzene rings is 1. The van der Waals surface area contributed by atoms with Crippen LogP contribution in [0.25, 0.3) is 0 Å². The zero-order chi connectivity index (χ0) is 15.3. The van der Waals surface area contributed by atoms with Gasteiger partial charge in [-0.3, -0.25) is 4.79 Å².